The summed E-state index contributed by atoms with van der Waals surface area (Å²) in [6.45, 7) is 7.78. The molecule has 94 valence electrons. The lowest BCUT2D eigenvalue weighted by atomic mass is 9.88. The van der Waals surface area contributed by atoms with E-state index in [4.69, 9.17) is 4.74 Å². The fourth-order valence-corrected chi connectivity index (χ4v) is 2.98. The summed E-state index contributed by atoms with van der Waals surface area (Å²) in [4.78, 5) is 2.59. The summed E-state index contributed by atoms with van der Waals surface area (Å²) in [7, 11) is 2.30. The highest BCUT2D eigenvalue weighted by Crippen LogP contribution is 2.31. The Morgan fingerprint density at radius 3 is 2.81 bits per heavy atom. The van der Waals surface area contributed by atoms with Crippen molar-refractivity contribution in [3.63, 3.8) is 0 Å². The van der Waals surface area contributed by atoms with Crippen LogP contribution in [0.3, 0.4) is 0 Å². The summed E-state index contributed by atoms with van der Waals surface area (Å²) in [5.74, 6) is 0. The van der Waals surface area contributed by atoms with Crippen LogP contribution in [0.15, 0.2) is 0 Å². The quantitative estimate of drug-likeness (QED) is 0.791. The minimum Gasteiger partial charge on any atom is -0.375 e. The Hall–Kier alpha value is -0.120. The van der Waals surface area contributed by atoms with Crippen LogP contribution in [-0.4, -0.2) is 49.3 Å². The van der Waals surface area contributed by atoms with Gasteiger partial charge in [-0.05, 0) is 46.2 Å². The van der Waals surface area contributed by atoms with Crippen molar-refractivity contribution in [1.29, 1.82) is 0 Å². The molecule has 3 heteroatoms. The number of hydrogen-bond donors (Lipinski definition) is 1. The van der Waals surface area contributed by atoms with Gasteiger partial charge in [0.1, 0.15) is 0 Å². The maximum absolute atomic E-state index is 5.92. The first-order chi connectivity index (χ1) is 7.64. The molecule has 0 saturated carbocycles. The first kappa shape index (κ1) is 12.3. The third-order valence-electron chi connectivity index (χ3n) is 4.50. The molecular formula is C13H26N2O. The lowest BCUT2D eigenvalue weighted by Gasteiger charge is -2.43. The smallest absolute Gasteiger partial charge is 0.0666 e. The number of hydrogen-bond acceptors (Lipinski definition) is 3. The zero-order chi connectivity index (χ0) is 11.6. The first-order valence-corrected chi connectivity index (χ1v) is 6.71. The monoisotopic (exact) mass is 226 g/mol. The molecule has 0 spiro atoms. The standard InChI is InChI=1S/C13H26N2O/c1-4-13(2)9-11(6-8-16-13)15(3)12-5-7-14-10-12/h11-12,14H,4-10H2,1-3H3. The predicted molar refractivity (Wildman–Crippen MR) is 66.7 cm³/mol. The Kier molecular flexibility index (Phi) is 3.88. The van der Waals surface area contributed by atoms with Gasteiger partial charge in [0.2, 0.25) is 0 Å². The van der Waals surface area contributed by atoms with Crippen molar-refractivity contribution in [1.82, 2.24) is 10.2 Å². The zero-order valence-electron chi connectivity index (χ0n) is 11.0. The van der Waals surface area contributed by atoms with Crippen molar-refractivity contribution in [3.8, 4) is 0 Å². The van der Waals surface area contributed by atoms with Crippen molar-refractivity contribution < 1.29 is 4.74 Å². The fourth-order valence-electron chi connectivity index (χ4n) is 2.98. The van der Waals surface area contributed by atoms with Crippen LogP contribution in [0, 0.1) is 0 Å². The van der Waals surface area contributed by atoms with Gasteiger partial charge in [0.15, 0.2) is 0 Å². The molecule has 3 nitrogen and oxygen atoms in total. The van der Waals surface area contributed by atoms with Crippen LogP contribution in [0.4, 0.5) is 0 Å². The minimum atomic E-state index is 0.114. The molecule has 0 bridgehead atoms. The van der Waals surface area contributed by atoms with Crippen LogP contribution in [0.5, 0.6) is 0 Å². The van der Waals surface area contributed by atoms with E-state index < -0.39 is 0 Å². The van der Waals surface area contributed by atoms with E-state index in [1.807, 2.05) is 0 Å². The second kappa shape index (κ2) is 5.03. The number of nitrogens with one attached hydrogen (secondary N) is 1. The molecule has 0 aromatic heterocycles. The molecule has 2 aliphatic heterocycles. The van der Waals surface area contributed by atoms with Gasteiger partial charge in [-0.1, -0.05) is 6.92 Å². The van der Waals surface area contributed by atoms with Gasteiger partial charge in [0.05, 0.1) is 5.60 Å². The van der Waals surface area contributed by atoms with Gasteiger partial charge in [-0.3, -0.25) is 4.90 Å². The van der Waals surface area contributed by atoms with Crippen molar-refractivity contribution in [2.24, 2.45) is 0 Å². The second-order valence-corrected chi connectivity index (χ2v) is 5.61. The van der Waals surface area contributed by atoms with Crippen molar-refractivity contribution in [2.75, 3.05) is 26.7 Å². The normalized spacial score (nSPS) is 40.5. The van der Waals surface area contributed by atoms with Gasteiger partial charge >= 0.3 is 0 Å². The van der Waals surface area contributed by atoms with E-state index in [1.54, 1.807) is 0 Å². The number of rotatable bonds is 3. The van der Waals surface area contributed by atoms with Crippen molar-refractivity contribution in [2.45, 2.75) is 57.2 Å². The number of nitrogens with zero attached hydrogens (tertiary/aromatic N) is 1. The second-order valence-electron chi connectivity index (χ2n) is 5.61. The van der Waals surface area contributed by atoms with Gasteiger partial charge in [-0.15, -0.1) is 0 Å². The molecule has 0 aliphatic carbocycles. The van der Waals surface area contributed by atoms with Crippen LogP contribution >= 0.6 is 0 Å². The number of likely N-dealkylation sites (N-methyl/N-ethyl adjacent to an activating group) is 1. The zero-order valence-corrected chi connectivity index (χ0v) is 11.0. The molecule has 16 heavy (non-hydrogen) atoms. The van der Waals surface area contributed by atoms with Gasteiger partial charge in [0, 0.05) is 25.2 Å². The average molecular weight is 226 g/mol. The topological polar surface area (TPSA) is 24.5 Å². The maximum Gasteiger partial charge on any atom is 0.0666 e. The predicted octanol–water partition coefficient (Wildman–Crippen LogP) is 1.63. The average Bonchev–Trinajstić information content (AvgIpc) is 2.82. The van der Waals surface area contributed by atoms with E-state index in [-0.39, 0.29) is 5.60 Å². The molecule has 0 aromatic carbocycles. The molecule has 3 unspecified atom stereocenters. The molecule has 2 fully saturated rings. The van der Waals surface area contributed by atoms with Gasteiger partial charge in [-0.2, -0.15) is 0 Å². The Labute approximate surface area is 99.5 Å². The lowest BCUT2D eigenvalue weighted by Crippen LogP contribution is -2.49. The molecule has 0 amide bonds. The molecule has 0 radical (unpaired) electrons. The van der Waals surface area contributed by atoms with Gasteiger partial charge < -0.3 is 10.1 Å². The summed E-state index contributed by atoms with van der Waals surface area (Å²) < 4.78 is 5.92. The third-order valence-corrected chi connectivity index (χ3v) is 4.50. The summed E-state index contributed by atoms with van der Waals surface area (Å²) in [6.07, 6.45) is 4.82. The SMILES string of the molecule is CCC1(C)CC(N(C)C2CCNC2)CCO1. The van der Waals surface area contributed by atoms with Crippen LogP contribution < -0.4 is 5.32 Å². The lowest BCUT2D eigenvalue weighted by molar-refractivity contribution is -0.0972. The largest absolute Gasteiger partial charge is 0.375 e. The van der Waals surface area contributed by atoms with Gasteiger partial charge in [-0.25, -0.2) is 0 Å². The van der Waals surface area contributed by atoms with Crippen LogP contribution in [0.25, 0.3) is 0 Å². The molecule has 2 saturated heterocycles. The summed E-state index contributed by atoms with van der Waals surface area (Å²) in [5, 5.41) is 3.45. The van der Waals surface area contributed by atoms with Crippen LogP contribution in [0.2, 0.25) is 0 Å². The summed E-state index contributed by atoms with van der Waals surface area (Å²) >= 11 is 0. The molecule has 1 N–H and O–H groups in total. The Morgan fingerprint density at radius 2 is 2.19 bits per heavy atom. The molecule has 2 aliphatic rings. The molecule has 2 rings (SSSR count). The molecule has 0 aromatic rings. The van der Waals surface area contributed by atoms with Crippen LogP contribution in [0.1, 0.15) is 39.5 Å². The highest BCUT2D eigenvalue weighted by Gasteiger charge is 2.35. The highest BCUT2D eigenvalue weighted by molar-refractivity contribution is 4.90. The number of ether oxygens (including phenoxy) is 1. The summed E-state index contributed by atoms with van der Waals surface area (Å²) in [5.41, 5.74) is 0.114. The Balaban J connectivity index is 1.92. The molecule has 3 atom stereocenters. The first-order valence-electron chi connectivity index (χ1n) is 6.71. The Bertz CT molecular complexity index is 228. The highest BCUT2D eigenvalue weighted by atomic mass is 16.5. The van der Waals surface area contributed by atoms with E-state index in [0.717, 1.165) is 25.6 Å². The fraction of sp³-hybridized carbons (Fsp3) is 1.00. The van der Waals surface area contributed by atoms with Crippen molar-refractivity contribution >= 4 is 0 Å². The van der Waals surface area contributed by atoms with Crippen molar-refractivity contribution in [3.05, 3.63) is 0 Å². The van der Waals surface area contributed by atoms with Gasteiger partial charge in [0.25, 0.3) is 0 Å². The van der Waals surface area contributed by atoms with E-state index in [0.29, 0.717) is 6.04 Å². The van der Waals surface area contributed by atoms with E-state index in [9.17, 15) is 0 Å². The van der Waals surface area contributed by atoms with Crippen LogP contribution in [-0.2, 0) is 4.74 Å². The van der Waals surface area contributed by atoms with E-state index in [1.165, 1.54) is 25.8 Å². The maximum atomic E-state index is 5.92. The molecule has 2 heterocycles. The minimum absolute atomic E-state index is 0.114. The van der Waals surface area contributed by atoms with E-state index >= 15 is 0 Å². The van der Waals surface area contributed by atoms with E-state index in [2.05, 4.69) is 31.1 Å². The molecular weight excluding hydrogens is 200 g/mol. The third kappa shape index (κ3) is 2.58. The summed E-state index contributed by atoms with van der Waals surface area (Å²) in [6, 6.07) is 1.45. The Morgan fingerprint density at radius 1 is 1.38 bits per heavy atom.